The largest absolute Gasteiger partial charge is 0.497 e. The van der Waals surface area contributed by atoms with Crippen LogP contribution in [-0.4, -0.2) is 30.7 Å². The fourth-order valence-corrected chi connectivity index (χ4v) is 2.67. The van der Waals surface area contributed by atoms with Crippen LogP contribution in [0.5, 0.6) is 5.75 Å². The second kappa shape index (κ2) is 5.60. The van der Waals surface area contributed by atoms with Crippen LogP contribution >= 0.6 is 0 Å². The Morgan fingerprint density at radius 2 is 2.19 bits per heavy atom. The lowest BCUT2D eigenvalue weighted by Crippen LogP contribution is -2.53. The van der Waals surface area contributed by atoms with Gasteiger partial charge in [-0.3, -0.25) is 0 Å². The molecule has 0 aliphatic heterocycles. The van der Waals surface area contributed by atoms with E-state index < -0.39 is 17.5 Å². The summed E-state index contributed by atoms with van der Waals surface area (Å²) in [6.07, 6.45) is 0.727. The number of carbonyl (C=O) groups excluding carboxylic acids is 1. The van der Waals surface area contributed by atoms with Crippen molar-refractivity contribution in [3.8, 4) is 5.75 Å². The lowest BCUT2D eigenvalue weighted by Gasteiger charge is -2.38. The predicted octanol–water partition coefficient (Wildman–Crippen LogP) is 2.42. The normalized spacial score (nSPS) is 21.6. The summed E-state index contributed by atoms with van der Waals surface area (Å²) in [7, 11) is 1.41. The standard InChI is InChI=1S/C15H18F2O4/c1-3-21-13(18)15(16,17)14(19)8-4-5-10-6-7-11(20-2)9-12(10)14/h6-7,9,19H,3-5,8H2,1-2H3. The number of methoxy groups -OCH3 is 1. The van der Waals surface area contributed by atoms with E-state index in [1.807, 2.05) is 0 Å². The molecule has 1 aromatic carbocycles. The van der Waals surface area contributed by atoms with E-state index in [1.54, 1.807) is 12.1 Å². The Morgan fingerprint density at radius 3 is 2.81 bits per heavy atom. The molecule has 6 heteroatoms. The molecule has 1 aromatic rings. The molecule has 0 fully saturated rings. The van der Waals surface area contributed by atoms with E-state index in [0.717, 1.165) is 0 Å². The van der Waals surface area contributed by atoms with Crippen LogP contribution in [0, 0.1) is 0 Å². The summed E-state index contributed by atoms with van der Waals surface area (Å²) in [6.45, 7) is 1.27. The number of carbonyl (C=O) groups is 1. The van der Waals surface area contributed by atoms with Crippen molar-refractivity contribution in [1.29, 1.82) is 0 Å². The van der Waals surface area contributed by atoms with Crippen LogP contribution in [-0.2, 0) is 21.6 Å². The van der Waals surface area contributed by atoms with Gasteiger partial charge in [0.2, 0.25) is 0 Å². The van der Waals surface area contributed by atoms with Crippen molar-refractivity contribution in [3.63, 3.8) is 0 Å². The average molecular weight is 300 g/mol. The molecule has 4 nitrogen and oxygen atoms in total. The third-order valence-corrected chi connectivity index (χ3v) is 3.80. The molecule has 0 radical (unpaired) electrons. The molecule has 0 heterocycles. The maximum absolute atomic E-state index is 14.4. The highest BCUT2D eigenvalue weighted by Gasteiger charge is 2.61. The van der Waals surface area contributed by atoms with Crippen molar-refractivity contribution in [3.05, 3.63) is 29.3 Å². The first-order chi connectivity index (χ1) is 9.86. The first kappa shape index (κ1) is 15.7. The molecule has 116 valence electrons. The minimum atomic E-state index is -4.01. The molecule has 1 N–H and O–H groups in total. The van der Waals surface area contributed by atoms with Gasteiger partial charge in [0, 0.05) is 0 Å². The van der Waals surface area contributed by atoms with Gasteiger partial charge in [0.05, 0.1) is 13.7 Å². The molecule has 0 amide bonds. The Morgan fingerprint density at radius 1 is 1.48 bits per heavy atom. The molecule has 1 aliphatic rings. The van der Waals surface area contributed by atoms with Gasteiger partial charge >= 0.3 is 11.9 Å². The maximum atomic E-state index is 14.4. The number of hydrogen-bond donors (Lipinski definition) is 1. The highest BCUT2D eigenvalue weighted by Crippen LogP contribution is 2.47. The molecule has 0 spiro atoms. The van der Waals surface area contributed by atoms with E-state index in [1.165, 1.54) is 20.1 Å². The van der Waals surface area contributed by atoms with Crippen LogP contribution in [0.15, 0.2) is 18.2 Å². The number of halogens is 2. The molecule has 1 unspecified atom stereocenters. The fraction of sp³-hybridized carbons (Fsp3) is 0.533. The Hall–Kier alpha value is -1.69. The van der Waals surface area contributed by atoms with Crippen LogP contribution in [0.1, 0.15) is 30.9 Å². The van der Waals surface area contributed by atoms with E-state index in [2.05, 4.69) is 4.74 Å². The zero-order valence-corrected chi connectivity index (χ0v) is 12.0. The highest BCUT2D eigenvalue weighted by atomic mass is 19.3. The first-order valence-corrected chi connectivity index (χ1v) is 6.81. The van der Waals surface area contributed by atoms with Crippen molar-refractivity contribution in [1.82, 2.24) is 0 Å². The molecule has 0 aromatic heterocycles. The second-order valence-corrected chi connectivity index (χ2v) is 5.03. The smallest absolute Gasteiger partial charge is 0.380 e. The Bertz CT molecular complexity index is 544. The number of rotatable bonds is 4. The van der Waals surface area contributed by atoms with Crippen LogP contribution < -0.4 is 4.74 Å². The quantitative estimate of drug-likeness (QED) is 0.868. The number of hydrogen-bond acceptors (Lipinski definition) is 4. The van der Waals surface area contributed by atoms with Crippen molar-refractivity contribution in [2.75, 3.05) is 13.7 Å². The van der Waals surface area contributed by atoms with E-state index >= 15 is 0 Å². The number of ether oxygens (including phenoxy) is 2. The summed E-state index contributed by atoms with van der Waals surface area (Å²) in [4.78, 5) is 11.6. The van der Waals surface area contributed by atoms with Gasteiger partial charge in [-0.25, -0.2) is 4.79 Å². The van der Waals surface area contributed by atoms with Gasteiger partial charge in [-0.2, -0.15) is 8.78 Å². The molecule has 2 rings (SSSR count). The SMILES string of the molecule is CCOC(=O)C(F)(F)C1(O)CCCc2ccc(OC)cc21. The molecular formula is C15H18F2O4. The number of aliphatic hydroxyl groups is 1. The van der Waals surface area contributed by atoms with Gasteiger partial charge in [-0.05, 0) is 49.4 Å². The minimum Gasteiger partial charge on any atom is -0.497 e. The van der Waals surface area contributed by atoms with E-state index in [9.17, 15) is 18.7 Å². The van der Waals surface area contributed by atoms with Gasteiger partial charge in [0.1, 0.15) is 5.75 Å². The van der Waals surface area contributed by atoms with Crippen molar-refractivity contribution >= 4 is 5.97 Å². The Kier molecular flexibility index (Phi) is 4.18. The summed E-state index contributed by atoms with van der Waals surface area (Å²) in [5.74, 6) is -5.36. The summed E-state index contributed by atoms with van der Waals surface area (Å²) in [5, 5.41) is 10.6. The monoisotopic (exact) mass is 300 g/mol. The zero-order chi connectivity index (χ0) is 15.7. The Balaban J connectivity index is 2.51. The number of esters is 1. The lowest BCUT2D eigenvalue weighted by atomic mass is 9.75. The lowest BCUT2D eigenvalue weighted by molar-refractivity contribution is -0.220. The van der Waals surface area contributed by atoms with E-state index in [-0.39, 0.29) is 18.6 Å². The van der Waals surface area contributed by atoms with Crippen LogP contribution in [0.4, 0.5) is 8.78 Å². The number of fused-ring (bicyclic) bond motifs is 1. The molecule has 21 heavy (non-hydrogen) atoms. The maximum Gasteiger partial charge on any atom is 0.380 e. The molecular weight excluding hydrogens is 282 g/mol. The highest BCUT2D eigenvalue weighted by molar-refractivity contribution is 5.80. The van der Waals surface area contributed by atoms with Crippen LogP contribution in [0.2, 0.25) is 0 Å². The van der Waals surface area contributed by atoms with Gasteiger partial charge in [0.15, 0.2) is 5.60 Å². The summed E-state index contributed by atoms with van der Waals surface area (Å²) >= 11 is 0. The zero-order valence-electron chi connectivity index (χ0n) is 12.0. The molecule has 0 saturated heterocycles. The van der Waals surface area contributed by atoms with Crippen molar-refractivity contribution < 1.29 is 28.2 Å². The third kappa shape index (κ3) is 2.48. The molecule has 1 atom stereocenters. The minimum absolute atomic E-state index is 0.0335. The number of aryl methyl sites for hydroxylation is 1. The fourth-order valence-electron chi connectivity index (χ4n) is 2.67. The average Bonchev–Trinajstić information content (AvgIpc) is 2.47. The Labute approximate surface area is 121 Å². The van der Waals surface area contributed by atoms with Gasteiger partial charge in [0.25, 0.3) is 0 Å². The van der Waals surface area contributed by atoms with E-state index in [4.69, 9.17) is 4.74 Å². The number of alkyl halides is 2. The number of benzene rings is 1. The summed E-state index contributed by atoms with van der Waals surface area (Å²) in [5.41, 5.74) is -1.94. The van der Waals surface area contributed by atoms with Gasteiger partial charge < -0.3 is 14.6 Å². The van der Waals surface area contributed by atoms with Crippen molar-refractivity contribution in [2.24, 2.45) is 0 Å². The van der Waals surface area contributed by atoms with Crippen LogP contribution in [0.25, 0.3) is 0 Å². The third-order valence-electron chi connectivity index (χ3n) is 3.80. The van der Waals surface area contributed by atoms with Crippen molar-refractivity contribution in [2.45, 2.75) is 37.7 Å². The van der Waals surface area contributed by atoms with Gasteiger partial charge in [-0.15, -0.1) is 0 Å². The topological polar surface area (TPSA) is 55.8 Å². The second-order valence-electron chi connectivity index (χ2n) is 5.03. The van der Waals surface area contributed by atoms with E-state index in [0.29, 0.717) is 24.2 Å². The van der Waals surface area contributed by atoms with Crippen LogP contribution in [0.3, 0.4) is 0 Å². The molecule has 0 bridgehead atoms. The van der Waals surface area contributed by atoms with Gasteiger partial charge in [-0.1, -0.05) is 6.07 Å². The predicted molar refractivity (Wildman–Crippen MR) is 71.4 cm³/mol. The molecule has 0 saturated carbocycles. The first-order valence-electron chi connectivity index (χ1n) is 6.81. The summed E-state index contributed by atoms with van der Waals surface area (Å²) < 4.78 is 38.3. The summed E-state index contributed by atoms with van der Waals surface area (Å²) in [6, 6.07) is 4.65. The molecule has 1 aliphatic carbocycles.